The van der Waals surface area contributed by atoms with Gasteiger partial charge in [0.25, 0.3) is 0 Å². The Bertz CT molecular complexity index is 191. The highest BCUT2D eigenvalue weighted by atomic mass is 15.2. The number of hydrogen-bond acceptors (Lipinski definition) is 2. The van der Waals surface area contributed by atoms with Gasteiger partial charge in [-0.05, 0) is 24.2 Å². The van der Waals surface area contributed by atoms with Crippen molar-refractivity contribution in [2.24, 2.45) is 17.1 Å². The first-order valence-electron chi connectivity index (χ1n) is 5.10. The summed E-state index contributed by atoms with van der Waals surface area (Å²) < 4.78 is 0. The first-order valence-corrected chi connectivity index (χ1v) is 5.10. The number of likely N-dealkylation sites (tertiary alicyclic amines) is 1. The first kappa shape index (κ1) is 10.4. The monoisotopic (exact) mass is 182 g/mol. The lowest BCUT2D eigenvalue weighted by Crippen LogP contribution is -2.41. The standard InChI is InChI=1S/C11H22N2/c1-9(12)13-7-5-6-10(8-13)11(2,3)4/h10H,1,5-8,12H2,2-4H3. The summed E-state index contributed by atoms with van der Waals surface area (Å²) in [5, 5.41) is 0. The SMILES string of the molecule is C=C(N)N1CCCC(C(C)(C)C)C1. The van der Waals surface area contributed by atoms with E-state index in [1.165, 1.54) is 12.8 Å². The van der Waals surface area contributed by atoms with Crippen molar-refractivity contribution in [3.8, 4) is 0 Å². The van der Waals surface area contributed by atoms with Gasteiger partial charge in [-0.1, -0.05) is 27.4 Å². The minimum Gasteiger partial charge on any atom is -0.386 e. The van der Waals surface area contributed by atoms with Crippen molar-refractivity contribution in [1.29, 1.82) is 0 Å². The van der Waals surface area contributed by atoms with Crippen molar-refractivity contribution in [3.05, 3.63) is 12.4 Å². The van der Waals surface area contributed by atoms with Crippen LogP contribution in [0.1, 0.15) is 33.6 Å². The second kappa shape index (κ2) is 3.60. The third-order valence-corrected chi connectivity index (χ3v) is 3.05. The molecule has 0 saturated carbocycles. The lowest BCUT2D eigenvalue weighted by molar-refractivity contribution is 0.121. The van der Waals surface area contributed by atoms with Crippen LogP contribution in [-0.2, 0) is 0 Å². The molecule has 0 aliphatic carbocycles. The molecule has 1 saturated heterocycles. The predicted molar refractivity (Wildman–Crippen MR) is 57.1 cm³/mol. The summed E-state index contributed by atoms with van der Waals surface area (Å²) in [5.41, 5.74) is 6.10. The van der Waals surface area contributed by atoms with Gasteiger partial charge in [0.15, 0.2) is 0 Å². The van der Waals surface area contributed by atoms with Crippen LogP contribution >= 0.6 is 0 Å². The second-order valence-electron chi connectivity index (χ2n) is 5.14. The Morgan fingerprint density at radius 3 is 2.54 bits per heavy atom. The summed E-state index contributed by atoms with van der Waals surface area (Å²) in [4.78, 5) is 2.21. The molecule has 0 bridgehead atoms. The summed E-state index contributed by atoms with van der Waals surface area (Å²) in [5.74, 6) is 1.48. The van der Waals surface area contributed by atoms with Crippen LogP contribution in [0, 0.1) is 11.3 Å². The van der Waals surface area contributed by atoms with Crippen molar-refractivity contribution in [2.75, 3.05) is 13.1 Å². The zero-order valence-electron chi connectivity index (χ0n) is 9.14. The van der Waals surface area contributed by atoms with Crippen LogP contribution in [0.5, 0.6) is 0 Å². The third-order valence-electron chi connectivity index (χ3n) is 3.05. The zero-order chi connectivity index (χ0) is 10.1. The summed E-state index contributed by atoms with van der Waals surface area (Å²) in [6, 6.07) is 0. The maximum Gasteiger partial charge on any atom is 0.0912 e. The molecule has 76 valence electrons. The molecule has 2 nitrogen and oxygen atoms in total. The summed E-state index contributed by atoms with van der Waals surface area (Å²) in [6.45, 7) is 12.9. The van der Waals surface area contributed by atoms with Crippen LogP contribution in [0.15, 0.2) is 12.4 Å². The molecular formula is C11H22N2. The molecule has 0 amide bonds. The Hall–Kier alpha value is -0.660. The Labute approximate surface area is 81.8 Å². The van der Waals surface area contributed by atoms with E-state index in [0.29, 0.717) is 5.41 Å². The normalized spacial score (nSPS) is 24.5. The quantitative estimate of drug-likeness (QED) is 0.673. The molecule has 1 aliphatic heterocycles. The van der Waals surface area contributed by atoms with Crippen LogP contribution in [-0.4, -0.2) is 18.0 Å². The number of hydrogen-bond donors (Lipinski definition) is 1. The van der Waals surface area contributed by atoms with Crippen LogP contribution < -0.4 is 5.73 Å². The molecular weight excluding hydrogens is 160 g/mol. The fraction of sp³-hybridized carbons (Fsp3) is 0.818. The van der Waals surface area contributed by atoms with Gasteiger partial charge in [0.05, 0.1) is 5.82 Å². The Morgan fingerprint density at radius 1 is 1.46 bits per heavy atom. The van der Waals surface area contributed by atoms with E-state index >= 15 is 0 Å². The molecule has 1 atom stereocenters. The van der Waals surface area contributed by atoms with Crippen molar-refractivity contribution >= 4 is 0 Å². The molecule has 2 N–H and O–H groups in total. The number of nitrogens with zero attached hydrogens (tertiary/aromatic N) is 1. The first-order chi connectivity index (χ1) is 5.91. The topological polar surface area (TPSA) is 29.3 Å². The van der Waals surface area contributed by atoms with E-state index in [4.69, 9.17) is 5.73 Å². The lowest BCUT2D eigenvalue weighted by atomic mass is 9.76. The van der Waals surface area contributed by atoms with Gasteiger partial charge in [0.2, 0.25) is 0 Å². The van der Waals surface area contributed by atoms with Gasteiger partial charge in [-0.15, -0.1) is 0 Å². The van der Waals surface area contributed by atoms with Gasteiger partial charge in [-0.3, -0.25) is 0 Å². The van der Waals surface area contributed by atoms with Crippen LogP contribution in [0.2, 0.25) is 0 Å². The molecule has 13 heavy (non-hydrogen) atoms. The van der Waals surface area contributed by atoms with Gasteiger partial charge in [-0.25, -0.2) is 0 Å². The molecule has 1 rings (SSSR count). The van der Waals surface area contributed by atoms with Crippen molar-refractivity contribution in [3.63, 3.8) is 0 Å². The molecule has 1 fully saturated rings. The number of nitrogens with two attached hydrogens (primary N) is 1. The van der Waals surface area contributed by atoms with Crippen molar-refractivity contribution < 1.29 is 0 Å². The van der Waals surface area contributed by atoms with E-state index in [2.05, 4.69) is 32.3 Å². The summed E-state index contributed by atoms with van der Waals surface area (Å²) >= 11 is 0. The average Bonchev–Trinajstić information content (AvgIpc) is 2.03. The van der Waals surface area contributed by atoms with Gasteiger partial charge in [-0.2, -0.15) is 0 Å². The Morgan fingerprint density at radius 2 is 2.08 bits per heavy atom. The fourth-order valence-corrected chi connectivity index (χ4v) is 1.94. The molecule has 0 aromatic carbocycles. The van der Waals surface area contributed by atoms with E-state index < -0.39 is 0 Å². The highest BCUT2D eigenvalue weighted by Crippen LogP contribution is 2.33. The molecule has 1 aliphatic rings. The highest BCUT2D eigenvalue weighted by molar-refractivity contribution is 4.92. The lowest BCUT2D eigenvalue weighted by Gasteiger charge is -2.40. The Balaban J connectivity index is 2.57. The van der Waals surface area contributed by atoms with E-state index in [1.807, 2.05) is 0 Å². The molecule has 1 unspecified atom stereocenters. The van der Waals surface area contributed by atoms with Crippen molar-refractivity contribution in [1.82, 2.24) is 4.90 Å². The zero-order valence-corrected chi connectivity index (χ0v) is 9.14. The maximum atomic E-state index is 5.70. The van der Waals surface area contributed by atoms with Crippen LogP contribution in [0.25, 0.3) is 0 Å². The molecule has 0 aromatic heterocycles. The Kier molecular flexibility index (Phi) is 2.89. The maximum absolute atomic E-state index is 5.70. The van der Waals surface area contributed by atoms with Gasteiger partial charge < -0.3 is 10.6 Å². The minimum absolute atomic E-state index is 0.397. The largest absolute Gasteiger partial charge is 0.386 e. The van der Waals surface area contributed by atoms with E-state index in [1.54, 1.807) is 0 Å². The van der Waals surface area contributed by atoms with E-state index in [-0.39, 0.29) is 0 Å². The van der Waals surface area contributed by atoms with Crippen LogP contribution in [0.4, 0.5) is 0 Å². The second-order valence-corrected chi connectivity index (χ2v) is 5.14. The molecule has 0 radical (unpaired) electrons. The average molecular weight is 182 g/mol. The third kappa shape index (κ3) is 2.64. The van der Waals surface area contributed by atoms with E-state index in [0.717, 1.165) is 24.8 Å². The number of rotatable bonds is 1. The smallest absolute Gasteiger partial charge is 0.0912 e. The predicted octanol–water partition coefficient (Wildman–Crippen LogP) is 2.17. The fourth-order valence-electron chi connectivity index (χ4n) is 1.94. The van der Waals surface area contributed by atoms with Crippen LogP contribution in [0.3, 0.4) is 0 Å². The molecule has 0 spiro atoms. The number of piperidine rings is 1. The molecule has 1 heterocycles. The minimum atomic E-state index is 0.397. The summed E-state index contributed by atoms with van der Waals surface area (Å²) in [6.07, 6.45) is 2.57. The molecule has 2 heteroatoms. The summed E-state index contributed by atoms with van der Waals surface area (Å²) in [7, 11) is 0. The van der Waals surface area contributed by atoms with Gasteiger partial charge in [0.1, 0.15) is 0 Å². The van der Waals surface area contributed by atoms with Gasteiger partial charge >= 0.3 is 0 Å². The van der Waals surface area contributed by atoms with Gasteiger partial charge in [0, 0.05) is 13.1 Å². The van der Waals surface area contributed by atoms with E-state index in [9.17, 15) is 0 Å². The highest BCUT2D eigenvalue weighted by Gasteiger charge is 2.29. The molecule has 0 aromatic rings. The van der Waals surface area contributed by atoms with Crippen molar-refractivity contribution in [2.45, 2.75) is 33.6 Å².